The van der Waals surface area contributed by atoms with Crippen LogP contribution in [0.25, 0.3) is 0 Å². The van der Waals surface area contributed by atoms with Gasteiger partial charge in [-0.25, -0.2) is 0 Å². The van der Waals surface area contributed by atoms with Gasteiger partial charge in [0.2, 0.25) is 0 Å². The molecule has 0 fully saturated rings. The lowest BCUT2D eigenvalue weighted by Crippen LogP contribution is -2.24. The van der Waals surface area contributed by atoms with Gasteiger partial charge in [-0.15, -0.1) is 0 Å². The summed E-state index contributed by atoms with van der Waals surface area (Å²) in [7, 11) is 0. The largest absolute Gasteiger partial charge is 0.370 e. The quantitative estimate of drug-likeness (QED) is 0.667. The maximum atomic E-state index is 5.99. The van der Waals surface area contributed by atoms with Crippen LogP contribution < -0.4 is 11.1 Å². The maximum absolute atomic E-state index is 5.99. The number of aromatic nitrogens is 2. The Morgan fingerprint density at radius 1 is 1.29 bits per heavy atom. The fourth-order valence-electron chi connectivity index (χ4n) is 2.78. The lowest BCUT2D eigenvalue weighted by atomic mass is 9.90. The number of guanidine groups is 1. The van der Waals surface area contributed by atoms with Crippen LogP contribution in [0.4, 0.5) is 5.69 Å². The Bertz CT molecular complexity index is 616. The lowest BCUT2D eigenvalue weighted by molar-refractivity contribution is 0.625. The third kappa shape index (κ3) is 3.42. The van der Waals surface area contributed by atoms with Gasteiger partial charge < -0.3 is 11.1 Å². The average molecular weight is 283 g/mol. The number of benzene rings is 1. The Morgan fingerprint density at radius 2 is 2.19 bits per heavy atom. The number of hydrogen-bond acceptors (Lipinski definition) is 2. The molecule has 5 heteroatoms. The van der Waals surface area contributed by atoms with Crippen molar-refractivity contribution in [1.29, 1.82) is 0 Å². The van der Waals surface area contributed by atoms with Gasteiger partial charge in [-0.1, -0.05) is 12.1 Å². The van der Waals surface area contributed by atoms with Crippen LogP contribution in [0.1, 0.15) is 24.0 Å². The summed E-state index contributed by atoms with van der Waals surface area (Å²) in [5, 5.41) is 7.39. The van der Waals surface area contributed by atoms with Crippen molar-refractivity contribution in [3.8, 4) is 0 Å². The van der Waals surface area contributed by atoms with Gasteiger partial charge >= 0.3 is 0 Å². The summed E-state index contributed by atoms with van der Waals surface area (Å²) >= 11 is 0. The van der Waals surface area contributed by atoms with Crippen molar-refractivity contribution in [2.45, 2.75) is 32.2 Å². The Morgan fingerprint density at radius 3 is 3.05 bits per heavy atom. The molecule has 1 aliphatic rings. The number of nitrogens with one attached hydrogen (secondary N) is 1. The standard InChI is InChI=1S/C16H21N5/c17-16(18-10-12-21-11-4-9-19-21)20-15-8-3-6-13-5-1-2-7-14(13)15/h3-4,6,8-9,11H,1-2,5,7,10,12H2,(H3,17,18,20). The highest BCUT2D eigenvalue weighted by Crippen LogP contribution is 2.27. The molecule has 3 rings (SSSR count). The van der Waals surface area contributed by atoms with Crippen molar-refractivity contribution in [3.63, 3.8) is 0 Å². The Kier molecular flexibility index (Phi) is 4.19. The number of aryl methyl sites for hydroxylation is 1. The van der Waals surface area contributed by atoms with Crippen molar-refractivity contribution in [2.24, 2.45) is 10.7 Å². The summed E-state index contributed by atoms with van der Waals surface area (Å²) in [4.78, 5) is 4.37. The average Bonchev–Trinajstić information content (AvgIpc) is 3.01. The highest BCUT2D eigenvalue weighted by Gasteiger charge is 2.12. The highest BCUT2D eigenvalue weighted by atomic mass is 15.3. The lowest BCUT2D eigenvalue weighted by Gasteiger charge is -2.19. The molecule has 0 aliphatic heterocycles. The van der Waals surface area contributed by atoms with Gasteiger partial charge in [-0.3, -0.25) is 9.67 Å². The molecule has 1 aromatic carbocycles. The molecular weight excluding hydrogens is 262 g/mol. The smallest absolute Gasteiger partial charge is 0.193 e. The molecule has 21 heavy (non-hydrogen) atoms. The van der Waals surface area contributed by atoms with E-state index < -0.39 is 0 Å². The van der Waals surface area contributed by atoms with Gasteiger partial charge in [0.05, 0.1) is 13.1 Å². The van der Waals surface area contributed by atoms with E-state index >= 15 is 0 Å². The summed E-state index contributed by atoms with van der Waals surface area (Å²) in [6.07, 6.45) is 8.51. The third-order valence-corrected chi connectivity index (χ3v) is 3.83. The summed E-state index contributed by atoms with van der Waals surface area (Å²) < 4.78 is 1.85. The van der Waals surface area contributed by atoms with Gasteiger partial charge in [-0.2, -0.15) is 5.10 Å². The zero-order valence-electron chi connectivity index (χ0n) is 12.1. The molecule has 0 radical (unpaired) electrons. The van der Waals surface area contributed by atoms with E-state index in [9.17, 15) is 0 Å². The number of anilines is 1. The van der Waals surface area contributed by atoms with Crippen LogP contribution in [0.15, 0.2) is 41.7 Å². The minimum Gasteiger partial charge on any atom is -0.370 e. The second kappa shape index (κ2) is 6.43. The molecule has 110 valence electrons. The minimum absolute atomic E-state index is 0.473. The van der Waals surface area contributed by atoms with Crippen LogP contribution in [-0.2, 0) is 19.4 Å². The topological polar surface area (TPSA) is 68.2 Å². The number of hydrogen-bond donors (Lipinski definition) is 2. The predicted octanol–water partition coefficient (Wildman–Crippen LogP) is 2.19. The van der Waals surface area contributed by atoms with Crippen molar-refractivity contribution in [1.82, 2.24) is 9.78 Å². The van der Waals surface area contributed by atoms with Gasteiger partial charge in [0.25, 0.3) is 0 Å². The Labute approximate surface area is 124 Å². The second-order valence-electron chi connectivity index (χ2n) is 5.31. The molecule has 0 unspecified atom stereocenters. The second-order valence-corrected chi connectivity index (χ2v) is 5.31. The zero-order valence-corrected chi connectivity index (χ0v) is 12.1. The molecule has 1 heterocycles. The van der Waals surface area contributed by atoms with Crippen LogP contribution in [0, 0.1) is 0 Å². The molecule has 0 saturated carbocycles. The monoisotopic (exact) mass is 283 g/mol. The number of nitrogens with zero attached hydrogens (tertiary/aromatic N) is 3. The number of aliphatic imine (C=N–C) groups is 1. The molecular formula is C16H21N5. The van der Waals surface area contributed by atoms with E-state index in [1.165, 1.54) is 30.4 Å². The molecule has 0 atom stereocenters. The van der Waals surface area contributed by atoms with Gasteiger partial charge in [0.15, 0.2) is 5.96 Å². The number of rotatable bonds is 4. The minimum atomic E-state index is 0.473. The van der Waals surface area contributed by atoms with Crippen LogP contribution >= 0.6 is 0 Å². The summed E-state index contributed by atoms with van der Waals surface area (Å²) in [5.41, 5.74) is 9.93. The van der Waals surface area contributed by atoms with E-state index in [1.807, 2.05) is 16.9 Å². The highest BCUT2D eigenvalue weighted by molar-refractivity contribution is 5.93. The number of nitrogens with two attached hydrogens (primary N) is 1. The van der Waals surface area contributed by atoms with Crippen LogP contribution in [0.2, 0.25) is 0 Å². The molecule has 5 nitrogen and oxygen atoms in total. The van der Waals surface area contributed by atoms with Crippen molar-refractivity contribution < 1.29 is 0 Å². The molecule has 1 aromatic heterocycles. The molecule has 2 aromatic rings. The summed E-state index contributed by atoms with van der Waals surface area (Å²) in [6, 6.07) is 8.29. The fourth-order valence-corrected chi connectivity index (χ4v) is 2.78. The van der Waals surface area contributed by atoms with E-state index in [2.05, 4.69) is 33.6 Å². The number of fused-ring (bicyclic) bond motifs is 1. The van der Waals surface area contributed by atoms with Crippen molar-refractivity contribution >= 4 is 11.6 Å². The first kappa shape index (κ1) is 13.7. The van der Waals surface area contributed by atoms with E-state index in [0.717, 1.165) is 18.7 Å². The van der Waals surface area contributed by atoms with Gasteiger partial charge in [0.1, 0.15) is 0 Å². The van der Waals surface area contributed by atoms with E-state index in [4.69, 9.17) is 5.73 Å². The summed E-state index contributed by atoms with van der Waals surface area (Å²) in [5.74, 6) is 0.473. The normalized spacial score (nSPS) is 14.8. The van der Waals surface area contributed by atoms with Crippen LogP contribution in [0.3, 0.4) is 0 Å². The van der Waals surface area contributed by atoms with Gasteiger partial charge in [0, 0.05) is 18.1 Å². The predicted molar refractivity (Wildman–Crippen MR) is 85.4 cm³/mol. The summed E-state index contributed by atoms with van der Waals surface area (Å²) in [6.45, 7) is 1.36. The van der Waals surface area contributed by atoms with Gasteiger partial charge in [-0.05, 0) is 48.9 Å². The Balaban J connectivity index is 1.63. The Hall–Kier alpha value is -2.30. The SMILES string of the molecule is NC(=NCCn1cccn1)Nc1cccc2c1CCCC2. The third-order valence-electron chi connectivity index (χ3n) is 3.83. The first-order valence-corrected chi connectivity index (χ1v) is 7.48. The van der Waals surface area contributed by atoms with Crippen molar-refractivity contribution in [3.05, 3.63) is 47.8 Å². The molecule has 1 aliphatic carbocycles. The fraction of sp³-hybridized carbons (Fsp3) is 0.375. The molecule has 0 bridgehead atoms. The zero-order chi connectivity index (χ0) is 14.5. The molecule has 0 saturated heterocycles. The van der Waals surface area contributed by atoms with E-state index in [1.54, 1.807) is 6.20 Å². The van der Waals surface area contributed by atoms with E-state index in [0.29, 0.717) is 12.5 Å². The molecule has 3 N–H and O–H groups in total. The van der Waals surface area contributed by atoms with Crippen LogP contribution in [-0.4, -0.2) is 22.3 Å². The first-order valence-electron chi connectivity index (χ1n) is 7.48. The molecule has 0 spiro atoms. The maximum Gasteiger partial charge on any atom is 0.193 e. The van der Waals surface area contributed by atoms with E-state index in [-0.39, 0.29) is 0 Å². The first-order chi connectivity index (χ1) is 10.3. The van der Waals surface area contributed by atoms with Crippen LogP contribution in [0.5, 0.6) is 0 Å². The van der Waals surface area contributed by atoms with Crippen molar-refractivity contribution in [2.75, 3.05) is 11.9 Å². The molecule has 0 amide bonds.